The van der Waals surface area contributed by atoms with Gasteiger partial charge in [0.1, 0.15) is 5.75 Å². The van der Waals surface area contributed by atoms with Crippen LogP contribution in [-0.4, -0.2) is 26.7 Å². The van der Waals surface area contributed by atoms with Crippen LogP contribution in [0.25, 0.3) is 10.1 Å². The average molecular weight is 513 g/mol. The second-order valence-electron chi connectivity index (χ2n) is 7.86. The molecule has 1 saturated carbocycles. The fourth-order valence-corrected chi connectivity index (χ4v) is 5.83. The van der Waals surface area contributed by atoms with E-state index >= 15 is 0 Å². The maximum Gasteiger partial charge on any atom is 0.265 e. The molecule has 1 aliphatic rings. The number of benzene rings is 2. The molecule has 0 bridgehead atoms. The van der Waals surface area contributed by atoms with Gasteiger partial charge in [0.05, 0.1) is 27.9 Å². The molecule has 0 spiro atoms. The van der Waals surface area contributed by atoms with E-state index in [4.69, 9.17) is 27.9 Å². The van der Waals surface area contributed by atoms with Crippen molar-refractivity contribution in [3.63, 3.8) is 0 Å². The molecular formula is C22H22Cl2N2O4S2. The van der Waals surface area contributed by atoms with Crippen molar-refractivity contribution < 1.29 is 17.9 Å². The highest BCUT2D eigenvalue weighted by Crippen LogP contribution is 2.35. The molecule has 1 amide bonds. The van der Waals surface area contributed by atoms with Crippen LogP contribution >= 0.6 is 34.5 Å². The molecule has 1 fully saturated rings. The summed E-state index contributed by atoms with van der Waals surface area (Å²) in [5.41, 5.74) is 0.814. The summed E-state index contributed by atoms with van der Waals surface area (Å²) in [7, 11) is -3.47. The number of thiophene rings is 1. The Hall–Kier alpha value is -2.00. The van der Waals surface area contributed by atoms with Gasteiger partial charge in [0.15, 0.2) is 0 Å². The predicted octanol–water partition coefficient (Wildman–Crippen LogP) is 6.54. The molecule has 170 valence electrons. The van der Waals surface area contributed by atoms with Gasteiger partial charge in [0, 0.05) is 21.5 Å². The number of rotatable bonds is 6. The highest BCUT2D eigenvalue weighted by molar-refractivity contribution is 7.92. The van der Waals surface area contributed by atoms with E-state index in [2.05, 4.69) is 10.0 Å². The first-order chi connectivity index (χ1) is 15.2. The minimum atomic E-state index is -3.47. The number of amides is 1. The number of hydrogen-bond donors (Lipinski definition) is 2. The van der Waals surface area contributed by atoms with Crippen molar-refractivity contribution in [1.82, 2.24) is 0 Å². The fraction of sp³-hybridized carbons (Fsp3) is 0.318. The summed E-state index contributed by atoms with van der Waals surface area (Å²) in [5, 5.41) is 4.32. The lowest BCUT2D eigenvalue weighted by molar-refractivity contribution is 0.103. The Morgan fingerprint density at radius 1 is 1.06 bits per heavy atom. The Morgan fingerprint density at radius 3 is 2.53 bits per heavy atom. The molecule has 0 saturated heterocycles. The first kappa shape index (κ1) is 23.2. The zero-order valence-electron chi connectivity index (χ0n) is 17.3. The van der Waals surface area contributed by atoms with Crippen molar-refractivity contribution in [1.29, 1.82) is 0 Å². The molecule has 1 aromatic heterocycles. The van der Waals surface area contributed by atoms with Crippen LogP contribution in [0.2, 0.25) is 10.0 Å². The van der Waals surface area contributed by atoms with Gasteiger partial charge in [0.2, 0.25) is 10.0 Å². The molecule has 10 heteroatoms. The molecule has 0 unspecified atom stereocenters. The summed E-state index contributed by atoms with van der Waals surface area (Å²) >= 11 is 13.7. The lowest BCUT2D eigenvalue weighted by atomic mass is 9.98. The minimum Gasteiger partial charge on any atom is -0.490 e. The Balaban J connectivity index is 1.53. The third-order valence-corrected chi connectivity index (χ3v) is 7.33. The molecule has 2 N–H and O–H groups in total. The number of anilines is 2. The topological polar surface area (TPSA) is 84.5 Å². The highest BCUT2D eigenvalue weighted by atomic mass is 35.5. The molecule has 1 aliphatic carbocycles. The molecule has 3 aromatic rings. The summed E-state index contributed by atoms with van der Waals surface area (Å²) in [6, 6.07) is 10.2. The van der Waals surface area contributed by atoms with Gasteiger partial charge in [-0.25, -0.2) is 8.42 Å². The number of halogens is 2. The summed E-state index contributed by atoms with van der Waals surface area (Å²) in [6.07, 6.45) is 6.83. The normalized spacial score (nSPS) is 15.0. The van der Waals surface area contributed by atoms with Gasteiger partial charge >= 0.3 is 0 Å². The monoisotopic (exact) mass is 512 g/mol. The van der Waals surface area contributed by atoms with Crippen molar-refractivity contribution in [3.05, 3.63) is 51.3 Å². The van der Waals surface area contributed by atoms with E-state index in [9.17, 15) is 13.2 Å². The SMILES string of the molecule is CS(=O)(=O)Nc1cc2cc(C(=O)Nc3cc(Cl)cc(OC4CCCCC4)c3)sc2cc1Cl. The number of fused-ring (bicyclic) bond motifs is 1. The zero-order chi connectivity index (χ0) is 22.9. The Morgan fingerprint density at radius 2 is 1.81 bits per heavy atom. The number of sulfonamides is 1. The molecule has 0 aliphatic heterocycles. The average Bonchev–Trinajstić information content (AvgIpc) is 3.10. The summed E-state index contributed by atoms with van der Waals surface area (Å²) in [6.45, 7) is 0. The number of carbonyl (C=O) groups is 1. The van der Waals surface area contributed by atoms with Crippen LogP contribution < -0.4 is 14.8 Å². The Labute approximate surface area is 200 Å². The van der Waals surface area contributed by atoms with Gasteiger partial charge < -0.3 is 10.1 Å². The van der Waals surface area contributed by atoms with E-state index in [0.717, 1.165) is 36.6 Å². The lowest BCUT2D eigenvalue weighted by Crippen LogP contribution is -2.19. The van der Waals surface area contributed by atoms with Gasteiger partial charge in [-0.15, -0.1) is 11.3 Å². The zero-order valence-corrected chi connectivity index (χ0v) is 20.4. The lowest BCUT2D eigenvalue weighted by Gasteiger charge is -2.23. The van der Waals surface area contributed by atoms with E-state index in [1.807, 2.05) is 0 Å². The first-order valence-electron chi connectivity index (χ1n) is 10.2. The molecule has 1 heterocycles. The Bertz CT molecular complexity index is 1270. The van der Waals surface area contributed by atoms with Crippen LogP contribution in [0.1, 0.15) is 41.8 Å². The fourth-order valence-electron chi connectivity index (χ4n) is 3.72. The van der Waals surface area contributed by atoms with Gasteiger partial charge in [-0.1, -0.05) is 29.6 Å². The van der Waals surface area contributed by atoms with Gasteiger partial charge in [-0.3, -0.25) is 9.52 Å². The van der Waals surface area contributed by atoms with Crippen LogP contribution in [0.5, 0.6) is 5.75 Å². The molecule has 32 heavy (non-hydrogen) atoms. The van der Waals surface area contributed by atoms with E-state index < -0.39 is 10.0 Å². The van der Waals surface area contributed by atoms with Crippen LogP contribution in [0.15, 0.2) is 36.4 Å². The maximum atomic E-state index is 12.9. The van der Waals surface area contributed by atoms with Gasteiger partial charge in [0.25, 0.3) is 5.91 Å². The molecule has 0 atom stereocenters. The molecule has 0 radical (unpaired) electrons. The highest BCUT2D eigenvalue weighted by Gasteiger charge is 2.17. The van der Waals surface area contributed by atoms with E-state index in [1.165, 1.54) is 17.8 Å². The molecular weight excluding hydrogens is 491 g/mol. The summed E-state index contributed by atoms with van der Waals surface area (Å²) in [4.78, 5) is 13.3. The van der Waals surface area contributed by atoms with E-state index in [0.29, 0.717) is 26.7 Å². The van der Waals surface area contributed by atoms with E-state index in [-0.39, 0.29) is 22.7 Å². The number of ether oxygens (including phenoxy) is 1. The van der Waals surface area contributed by atoms with Gasteiger partial charge in [-0.2, -0.15) is 0 Å². The predicted molar refractivity (Wildman–Crippen MR) is 132 cm³/mol. The Kier molecular flexibility index (Phi) is 6.86. The quantitative estimate of drug-likeness (QED) is 0.392. The third-order valence-electron chi connectivity index (χ3n) is 5.11. The second-order valence-corrected chi connectivity index (χ2v) is 11.5. The van der Waals surface area contributed by atoms with Crippen molar-refractivity contribution in [2.75, 3.05) is 16.3 Å². The third kappa shape index (κ3) is 5.86. The minimum absolute atomic E-state index is 0.174. The summed E-state index contributed by atoms with van der Waals surface area (Å²) in [5.74, 6) is 0.338. The van der Waals surface area contributed by atoms with Crippen molar-refractivity contribution in [2.45, 2.75) is 38.2 Å². The molecule has 4 rings (SSSR count). The maximum absolute atomic E-state index is 12.9. The van der Waals surface area contributed by atoms with Gasteiger partial charge in [-0.05, 0) is 61.4 Å². The molecule has 6 nitrogen and oxygen atoms in total. The van der Waals surface area contributed by atoms with Crippen LogP contribution in [0, 0.1) is 0 Å². The van der Waals surface area contributed by atoms with Crippen LogP contribution in [0.4, 0.5) is 11.4 Å². The summed E-state index contributed by atoms with van der Waals surface area (Å²) < 4.78 is 32.3. The standard InChI is InChI=1S/C22H22Cl2N2O4S2/c1-32(28,29)26-19-7-13-8-21(31-20(13)12-18(19)24)22(27)25-15-9-14(23)10-17(11-15)30-16-5-3-2-4-6-16/h7-12,16,26H,2-6H2,1H3,(H,25,27). The van der Waals surface area contributed by atoms with Crippen LogP contribution in [0.3, 0.4) is 0 Å². The largest absolute Gasteiger partial charge is 0.490 e. The van der Waals surface area contributed by atoms with Crippen molar-refractivity contribution >= 4 is 71.9 Å². The van der Waals surface area contributed by atoms with Crippen molar-refractivity contribution in [3.8, 4) is 5.75 Å². The van der Waals surface area contributed by atoms with Crippen molar-refractivity contribution in [2.24, 2.45) is 0 Å². The number of hydrogen-bond acceptors (Lipinski definition) is 5. The second kappa shape index (κ2) is 9.47. The number of nitrogens with one attached hydrogen (secondary N) is 2. The van der Waals surface area contributed by atoms with Crippen LogP contribution in [-0.2, 0) is 10.0 Å². The smallest absolute Gasteiger partial charge is 0.265 e. The molecule has 2 aromatic carbocycles. The van der Waals surface area contributed by atoms with E-state index in [1.54, 1.807) is 36.4 Å². The first-order valence-corrected chi connectivity index (χ1v) is 13.6. The number of carbonyl (C=O) groups excluding carboxylic acids is 1.